The van der Waals surface area contributed by atoms with Crippen LogP contribution in [-0.2, 0) is 20.8 Å². The van der Waals surface area contributed by atoms with E-state index in [1.807, 2.05) is 0 Å². The summed E-state index contributed by atoms with van der Waals surface area (Å²) in [6.07, 6.45) is 0. The quantitative estimate of drug-likeness (QED) is 0.156. The number of fused-ring (bicyclic) bond motifs is 2. The zero-order valence-corrected chi connectivity index (χ0v) is 37.9. The number of rotatable bonds is 4. The van der Waals surface area contributed by atoms with Crippen LogP contribution in [0.3, 0.4) is 0 Å². The summed E-state index contributed by atoms with van der Waals surface area (Å²) >= 11 is -0.826. The Morgan fingerprint density at radius 3 is 0.980 bits per heavy atom. The third-order valence-electron chi connectivity index (χ3n) is 10.5. The Kier molecular flexibility index (Phi) is 15.6. The van der Waals surface area contributed by atoms with E-state index in [2.05, 4.69) is 165 Å². The zero-order chi connectivity index (χ0) is 38.5. The van der Waals surface area contributed by atoms with Gasteiger partial charge in [-0.3, -0.25) is 0 Å². The maximum absolute atomic E-state index is 4.93. The van der Waals surface area contributed by atoms with Gasteiger partial charge >= 0.3 is 37.9 Å². The minimum atomic E-state index is -0.826. The Hall–Kier alpha value is -2.44. The molecule has 51 heavy (non-hydrogen) atoms. The molecule has 0 fully saturated rings. The Labute approximate surface area is 329 Å². The summed E-state index contributed by atoms with van der Waals surface area (Å²) in [5, 5.41) is 5.68. The molecule has 0 saturated heterocycles. The molecule has 0 aromatic heterocycles. The molecule has 6 aromatic rings. The van der Waals surface area contributed by atoms with E-state index < -0.39 is 20.8 Å². The van der Waals surface area contributed by atoms with E-state index in [0.29, 0.717) is 11.8 Å². The van der Waals surface area contributed by atoms with Gasteiger partial charge in [-0.2, -0.15) is 19.1 Å². The fourth-order valence-electron chi connectivity index (χ4n) is 7.49. The molecule has 0 amide bonds. The van der Waals surface area contributed by atoms with Crippen LogP contribution < -0.4 is 0 Å². The molecule has 6 rings (SSSR count). The van der Waals surface area contributed by atoms with Gasteiger partial charge in [0.1, 0.15) is 0 Å². The van der Waals surface area contributed by atoms with Crippen LogP contribution in [-0.4, -0.2) is 0 Å². The van der Waals surface area contributed by atoms with Gasteiger partial charge in [-0.05, 0) is 78.4 Å². The second-order valence-electron chi connectivity index (χ2n) is 14.9. The molecular formula is C48H59Cl2Zr-3. The van der Waals surface area contributed by atoms with Crippen LogP contribution in [0.25, 0.3) is 43.8 Å². The molecule has 6 aromatic carbocycles. The third-order valence-corrected chi connectivity index (χ3v) is 10.5. The second-order valence-corrected chi connectivity index (χ2v) is 18.6. The Bertz CT molecular complexity index is 1920. The molecule has 0 N–H and O–H groups in total. The first-order valence-corrected chi connectivity index (χ1v) is 24.6. The van der Waals surface area contributed by atoms with Gasteiger partial charge in [0.25, 0.3) is 0 Å². The molecule has 0 radical (unpaired) electrons. The van der Waals surface area contributed by atoms with Crippen molar-refractivity contribution in [3.63, 3.8) is 0 Å². The number of aryl methyl sites for hydroxylation is 6. The van der Waals surface area contributed by atoms with E-state index >= 15 is 0 Å². The number of benzene rings is 4. The summed E-state index contributed by atoms with van der Waals surface area (Å²) in [6.45, 7) is 36.5. The normalized spacial score (nSPS) is 10.9. The summed E-state index contributed by atoms with van der Waals surface area (Å²) in [4.78, 5) is 0. The molecule has 0 heterocycles. The molecule has 3 heteroatoms. The van der Waals surface area contributed by atoms with Gasteiger partial charge in [0.15, 0.2) is 0 Å². The van der Waals surface area contributed by atoms with Crippen LogP contribution in [0.5, 0.6) is 0 Å². The van der Waals surface area contributed by atoms with E-state index in [1.54, 1.807) is 6.92 Å². The van der Waals surface area contributed by atoms with Crippen LogP contribution in [0.2, 0.25) is 0 Å². The van der Waals surface area contributed by atoms with Crippen molar-refractivity contribution in [3.05, 3.63) is 134 Å². The Morgan fingerprint density at radius 2 is 0.725 bits per heavy atom. The van der Waals surface area contributed by atoms with E-state index in [0.717, 1.165) is 0 Å². The molecule has 272 valence electrons. The molecule has 0 nitrogen and oxygen atoms in total. The van der Waals surface area contributed by atoms with Gasteiger partial charge in [-0.1, -0.05) is 134 Å². The predicted octanol–water partition coefficient (Wildman–Crippen LogP) is 16.0. The molecule has 0 aliphatic carbocycles. The van der Waals surface area contributed by atoms with Crippen molar-refractivity contribution < 1.29 is 20.8 Å². The van der Waals surface area contributed by atoms with Crippen molar-refractivity contribution in [1.82, 2.24) is 0 Å². The van der Waals surface area contributed by atoms with E-state index in [1.165, 1.54) is 111 Å². The molecule has 0 aliphatic rings. The van der Waals surface area contributed by atoms with Gasteiger partial charge < -0.3 is 6.92 Å². The number of halogens is 2. The molecule has 0 unspecified atom stereocenters. The minimum absolute atomic E-state index is 0.564. The van der Waals surface area contributed by atoms with E-state index in [9.17, 15) is 0 Å². The fraction of sp³-hybridized carbons (Fsp3) is 0.354. The first-order valence-electron chi connectivity index (χ1n) is 18.2. The second kappa shape index (κ2) is 18.5. The molecule has 0 bridgehead atoms. The summed E-state index contributed by atoms with van der Waals surface area (Å²) in [6, 6.07) is 23.4. The van der Waals surface area contributed by atoms with Crippen LogP contribution in [0.15, 0.2) is 60.7 Å². The van der Waals surface area contributed by atoms with Crippen LogP contribution in [0.4, 0.5) is 0 Å². The molecule has 0 spiro atoms. The first-order chi connectivity index (χ1) is 24.0. The van der Waals surface area contributed by atoms with Crippen LogP contribution in [0.1, 0.15) is 113 Å². The summed E-state index contributed by atoms with van der Waals surface area (Å²) in [7, 11) is 9.87. The Balaban J connectivity index is 0.000000245. The van der Waals surface area contributed by atoms with Crippen molar-refractivity contribution >= 4 is 38.6 Å². The first kappa shape index (κ1) is 43.0. The average molecular weight is 798 g/mol. The predicted molar refractivity (Wildman–Crippen MR) is 228 cm³/mol. The molecule has 0 atom stereocenters. The van der Waals surface area contributed by atoms with Gasteiger partial charge in [0, 0.05) is 0 Å². The third kappa shape index (κ3) is 9.57. The summed E-state index contributed by atoms with van der Waals surface area (Å²) < 4.78 is 0. The van der Waals surface area contributed by atoms with Crippen LogP contribution >= 0.6 is 17.0 Å². The Morgan fingerprint density at radius 1 is 0.451 bits per heavy atom. The van der Waals surface area contributed by atoms with E-state index in [4.69, 9.17) is 17.0 Å². The molecular weight excluding hydrogens is 739 g/mol. The monoisotopic (exact) mass is 795 g/mol. The SMILES string of the molecule is Cc1cc(C)cc(-c2c(C)c(C)c(C)c3[cH-]c(C(C)C)cc23)c1.Cc1cc(C)cc(-c2c(C)c(C)c(C)c3[cH-]c(C(C)C)cc23)c1.[CH2-]C.[Cl][Zr][Cl]. The molecule has 0 saturated carbocycles. The van der Waals surface area contributed by atoms with Gasteiger partial charge in [0.05, 0.1) is 0 Å². The molecule has 0 aliphatic heterocycles. The zero-order valence-electron chi connectivity index (χ0n) is 33.9. The topological polar surface area (TPSA) is 0 Å². The van der Waals surface area contributed by atoms with Crippen molar-refractivity contribution in [2.45, 2.75) is 116 Å². The fourth-order valence-corrected chi connectivity index (χ4v) is 7.49. The van der Waals surface area contributed by atoms with Crippen molar-refractivity contribution in [3.8, 4) is 22.3 Å². The van der Waals surface area contributed by atoms with Crippen molar-refractivity contribution in [1.29, 1.82) is 0 Å². The van der Waals surface area contributed by atoms with E-state index in [-0.39, 0.29) is 0 Å². The summed E-state index contributed by atoms with van der Waals surface area (Å²) in [5.74, 6) is 1.13. The average Bonchev–Trinajstić information content (AvgIpc) is 3.70. The van der Waals surface area contributed by atoms with Crippen LogP contribution in [0, 0.1) is 76.2 Å². The van der Waals surface area contributed by atoms with Crippen molar-refractivity contribution in [2.24, 2.45) is 0 Å². The van der Waals surface area contributed by atoms with Gasteiger partial charge in [-0.15, -0.1) is 55.9 Å². The number of hydrogen-bond donors (Lipinski definition) is 0. The van der Waals surface area contributed by atoms with Crippen molar-refractivity contribution in [2.75, 3.05) is 0 Å². The van der Waals surface area contributed by atoms with Gasteiger partial charge in [-0.25, -0.2) is 0 Å². The van der Waals surface area contributed by atoms with Gasteiger partial charge in [0.2, 0.25) is 0 Å². The number of hydrogen-bond acceptors (Lipinski definition) is 0. The standard InChI is InChI=1S/2C23H27.C2H5.2ClH.Zr/c2*1-13(2)19-11-21-17(6)16(5)18(7)23(22(21)12-19)20-9-14(3)8-15(4)10-20;1-2;;;/h2*8-13H,1-7H3;1H2,2H3;2*1H;/q3*-1;;;+2/p-2. The summed E-state index contributed by atoms with van der Waals surface area (Å²) in [5.41, 5.74) is 22.3. The maximum atomic E-state index is 4.93.